The fraction of sp³-hybridized carbons (Fsp3) is 0.308. The third-order valence-corrected chi connectivity index (χ3v) is 3.75. The van der Waals surface area contributed by atoms with Crippen molar-refractivity contribution in [3.8, 4) is 5.00 Å². The first-order valence-electron chi connectivity index (χ1n) is 5.84. The topological polar surface area (TPSA) is 72.2 Å². The number of nitrogens with zero attached hydrogens (tertiary/aromatic N) is 2. The highest BCUT2D eigenvalue weighted by Gasteiger charge is 2.16. The number of Topliss-reactive ketones (excluding diaryl/α,β-unsaturated/α-hetero) is 1. The maximum absolute atomic E-state index is 11.9. The van der Waals surface area contributed by atoms with E-state index in [1.54, 1.807) is 23.7 Å². The molecule has 100 valence electrons. The first-order chi connectivity index (χ1) is 8.90. The Kier molecular flexibility index (Phi) is 3.53. The van der Waals surface area contributed by atoms with Gasteiger partial charge in [-0.15, -0.1) is 11.3 Å². The molecule has 2 aromatic rings. The molecule has 2 aromatic heterocycles. The van der Waals surface area contributed by atoms with E-state index in [4.69, 9.17) is 5.11 Å². The normalized spacial score (nSPS) is 10.9. The van der Waals surface area contributed by atoms with E-state index >= 15 is 0 Å². The predicted octanol–water partition coefficient (Wildman–Crippen LogP) is 2.78. The average Bonchev–Trinajstić information content (AvgIpc) is 2.93. The summed E-state index contributed by atoms with van der Waals surface area (Å²) in [6.07, 6.45) is 0. The van der Waals surface area contributed by atoms with E-state index in [-0.39, 0.29) is 17.4 Å². The van der Waals surface area contributed by atoms with E-state index in [9.17, 15) is 9.59 Å². The van der Waals surface area contributed by atoms with Crippen molar-refractivity contribution in [1.29, 1.82) is 0 Å². The zero-order valence-electron chi connectivity index (χ0n) is 10.9. The molecule has 0 spiro atoms. The Morgan fingerprint density at radius 1 is 1.37 bits per heavy atom. The van der Waals surface area contributed by atoms with Gasteiger partial charge >= 0.3 is 5.97 Å². The van der Waals surface area contributed by atoms with Gasteiger partial charge < -0.3 is 5.11 Å². The zero-order valence-corrected chi connectivity index (χ0v) is 11.7. The summed E-state index contributed by atoms with van der Waals surface area (Å²) in [4.78, 5) is 23.4. The second-order valence-electron chi connectivity index (χ2n) is 4.54. The van der Waals surface area contributed by atoms with Crippen LogP contribution in [0.25, 0.3) is 5.00 Å². The Morgan fingerprint density at radius 2 is 2.05 bits per heavy atom. The minimum Gasteiger partial charge on any atom is -0.476 e. The maximum atomic E-state index is 11.9. The van der Waals surface area contributed by atoms with Gasteiger partial charge in [0.2, 0.25) is 0 Å². The molecule has 0 bridgehead atoms. The van der Waals surface area contributed by atoms with Crippen LogP contribution in [0.5, 0.6) is 0 Å². The summed E-state index contributed by atoms with van der Waals surface area (Å²) < 4.78 is 1.55. The first kappa shape index (κ1) is 13.5. The number of thiophene rings is 1. The molecule has 0 atom stereocenters. The van der Waals surface area contributed by atoms with Crippen molar-refractivity contribution in [1.82, 2.24) is 9.78 Å². The molecule has 0 saturated heterocycles. The van der Waals surface area contributed by atoms with E-state index in [0.29, 0.717) is 4.88 Å². The Labute approximate surface area is 114 Å². The molecular weight excluding hydrogens is 264 g/mol. The van der Waals surface area contributed by atoms with Crippen LogP contribution < -0.4 is 0 Å². The molecule has 19 heavy (non-hydrogen) atoms. The molecule has 6 heteroatoms. The smallest absolute Gasteiger partial charge is 0.356 e. The summed E-state index contributed by atoms with van der Waals surface area (Å²) in [7, 11) is 0. The average molecular weight is 278 g/mol. The van der Waals surface area contributed by atoms with Crippen LogP contribution in [0.15, 0.2) is 18.2 Å². The van der Waals surface area contributed by atoms with Crippen LogP contribution in [0.1, 0.15) is 39.7 Å². The number of rotatable bonds is 4. The van der Waals surface area contributed by atoms with Gasteiger partial charge in [0.25, 0.3) is 0 Å². The highest BCUT2D eigenvalue weighted by Crippen LogP contribution is 2.24. The molecule has 0 radical (unpaired) electrons. The summed E-state index contributed by atoms with van der Waals surface area (Å²) in [6.45, 7) is 5.48. The molecule has 0 unspecified atom stereocenters. The SMILES string of the molecule is Cc1cc(C(=O)O)nn1-c1ccc(C(=O)C(C)C)s1. The molecule has 1 N–H and O–H groups in total. The van der Waals surface area contributed by atoms with Crippen molar-refractivity contribution in [2.75, 3.05) is 0 Å². The molecular formula is C13H14N2O3S. The van der Waals surface area contributed by atoms with Crippen molar-refractivity contribution in [2.45, 2.75) is 20.8 Å². The van der Waals surface area contributed by atoms with E-state index in [2.05, 4.69) is 5.10 Å². The number of aryl methyl sites for hydroxylation is 1. The second-order valence-corrected chi connectivity index (χ2v) is 5.61. The number of hydrogen-bond acceptors (Lipinski definition) is 4. The number of aromatic carboxylic acids is 1. The molecule has 0 aliphatic rings. The standard InChI is InChI=1S/C13H14N2O3S/c1-7(2)12(16)10-4-5-11(19-10)15-8(3)6-9(14-15)13(17)18/h4-7H,1-3H3,(H,17,18). The van der Waals surface area contributed by atoms with Crippen LogP contribution in [0.2, 0.25) is 0 Å². The lowest BCUT2D eigenvalue weighted by atomic mass is 10.1. The molecule has 0 aliphatic heterocycles. The van der Waals surface area contributed by atoms with E-state index in [1.807, 2.05) is 13.8 Å². The van der Waals surface area contributed by atoms with Crippen molar-refractivity contribution in [3.63, 3.8) is 0 Å². The Hall–Kier alpha value is -1.95. The lowest BCUT2D eigenvalue weighted by molar-refractivity contribution is 0.0689. The van der Waals surface area contributed by atoms with Crippen LogP contribution in [0, 0.1) is 12.8 Å². The Balaban J connectivity index is 2.38. The van der Waals surface area contributed by atoms with Gasteiger partial charge in [-0.1, -0.05) is 13.8 Å². The quantitative estimate of drug-likeness (QED) is 0.873. The summed E-state index contributed by atoms with van der Waals surface area (Å²) >= 11 is 1.32. The van der Waals surface area contributed by atoms with E-state index in [1.165, 1.54) is 17.4 Å². The molecule has 0 saturated carbocycles. The number of aromatic nitrogens is 2. The van der Waals surface area contributed by atoms with Crippen molar-refractivity contribution >= 4 is 23.1 Å². The Bertz CT molecular complexity index is 640. The second kappa shape index (κ2) is 4.97. The van der Waals surface area contributed by atoms with Crippen molar-refractivity contribution in [3.05, 3.63) is 34.5 Å². The third-order valence-electron chi connectivity index (χ3n) is 2.67. The third kappa shape index (κ3) is 2.58. The highest BCUT2D eigenvalue weighted by molar-refractivity contribution is 7.16. The maximum Gasteiger partial charge on any atom is 0.356 e. The summed E-state index contributed by atoms with van der Waals surface area (Å²) in [6, 6.07) is 5.04. The van der Waals surface area contributed by atoms with Gasteiger partial charge in [-0.05, 0) is 25.1 Å². The fourth-order valence-electron chi connectivity index (χ4n) is 1.66. The van der Waals surface area contributed by atoms with Crippen molar-refractivity contribution in [2.24, 2.45) is 5.92 Å². The minimum atomic E-state index is -1.06. The van der Waals surface area contributed by atoms with Crippen LogP contribution in [0.4, 0.5) is 0 Å². The van der Waals surface area contributed by atoms with E-state index in [0.717, 1.165) is 10.7 Å². The van der Waals surface area contributed by atoms with Crippen LogP contribution in [-0.2, 0) is 0 Å². The molecule has 5 nitrogen and oxygen atoms in total. The van der Waals surface area contributed by atoms with Crippen LogP contribution in [-0.4, -0.2) is 26.6 Å². The lowest BCUT2D eigenvalue weighted by Crippen LogP contribution is -2.04. The Morgan fingerprint density at radius 3 is 2.58 bits per heavy atom. The first-order valence-corrected chi connectivity index (χ1v) is 6.66. The monoisotopic (exact) mass is 278 g/mol. The lowest BCUT2D eigenvalue weighted by Gasteiger charge is -2.00. The van der Waals surface area contributed by atoms with Gasteiger partial charge in [0, 0.05) is 11.6 Å². The summed E-state index contributed by atoms with van der Waals surface area (Å²) in [5.41, 5.74) is 0.727. The van der Waals surface area contributed by atoms with Gasteiger partial charge in [-0.2, -0.15) is 5.10 Å². The zero-order chi connectivity index (χ0) is 14.2. The number of hydrogen-bond donors (Lipinski definition) is 1. The molecule has 0 aliphatic carbocycles. The predicted molar refractivity (Wildman–Crippen MR) is 72.3 cm³/mol. The van der Waals surface area contributed by atoms with Crippen LogP contribution >= 0.6 is 11.3 Å². The number of carbonyl (C=O) groups is 2. The van der Waals surface area contributed by atoms with Gasteiger partial charge in [0.05, 0.1) is 4.88 Å². The van der Waals surface area contributed by atoms with Gasteiger partial charge in [-0.25, -0.2) is 9.48 Å². The number of ketones is 1. The van der Waals surface area contributed by atoms with Gasteiger partial charge in [0.1, 0.15) is 5.00 Å². The molecule has 2 rings (SSSR count). The molecule has 0 amide bonds. The van der Waals surface area contributed by atoms with Crippen LogP contribution in [0.3, 0.4) is 0 Å². The highest BCUT2D eigenvalue weighted by atomic mass is 32.1. The molecule has 0 aromatic carbocycles. The molecule has 2 heterocycles. The number of carboxylic acid groups (broad SMARTS) is 1. The number of carbonyl (C=O) groups excluding carboxylic acids is 1. The summed E-state index contributed by atoms with van der Waals surface area (Å²) in [5, 5.41) is 13.7. The van der Waals surface area contributed by atoms with Gasteiger partial charge in [0.15, 0.2) is 11.5 Å². The van der Waals surface area contributed by atoms with Gasteiger partial charge in [-0.3, -0.25) is 4.79 Å². The van der Waals surface area contributed by atoms with E-state index < -0.39 is 5.97 Å². The molecule has 0 fully saturated rings. The fourth-order valence-corrected chi connectivity index (χ4v) is 2.77. The van der Waals surface area contributed by atoms with Crippen molar-refractivity contribution < 1.29 is 14.7 Å². The number of carboxylic acids is 1. The minimum absolute atomic E-state index is 0.00244. The summed E-state index contributed by atoms with van der Waals surface area (Å²) in [5.74, 6) is -1.03. The largest absolute Gasteiger partial charge is 0.476 e.